The van der Waals surface area contributed by atoms with E-state index in [0.29, 0.717) is 11.7 Å². The Bertz CT molecular complexity index is 533. The fraction of sp³-hybridized carbons (Fsp3) is 0.333. The van der Waals surface area contributed by atoms with E-state index in [0.717, 1.165) is 5.56 Å². The van der Waals surface area contributed by atoms with Crippen molar-refractivity contribution in [1.82, 2.24) is 20.2 Å². The van der Waals surface area contributed by atoms with E-state index < -0.39 is 0 Å². The molecule has 1 aromatic carbocycles. The first kappa shape index (κ1) is 11.3. The second kappa shape index (κ2) is 4.74. The zero-order valence-corrected chi connectivity index (χ0v) is 9.83. The van der Waals surface area contributed by atoms with Crippen LogP contribution < -0.4 is 0 Å². The molecule has 0 bridgehead atoms. The van der Waals surface area contributed by atoms with Crippen LogP contribution in [-0.4, -0.2) is 20.2 Å². The van der Waals surface area contributed by atoms with E-state index in [4.69, 9.17) is 5.26 Å². The molecule has 1 aromatic heterocycles. The predicted molar refractivity (Wildman–Crippen MR) is 63.0 cm³/mol. The summed E-state index contributed by atoms with van der Waals surface area (Å²) in [5, 5.41) is 19.9. The molecule has 2 rings (SSSR count). The monoisotopic (exact) mass is 227 g/mol. The molecule has 2 aromatic rings. The van der Waals surface area contributed by atoms with Crippen molar-refractivity contribution in [3.05, 3.63) is 29.8 Å². The van der Waals surface area contributed by atoms with Gasteiger partial charge in [0.05, 0.1) is 6.07 Å². The highest BCUT2D eigenvalue weighted by atomic mass is 15.5. The van der Waals surface area contributed by atoms with Gasteiger partial charge >= 0.3 is 0 Å². The van der Waals surface area contributed by atoms with E-state index in [1.165, 1.54) is 10.2 Å². The van der Waals surface area contributed by atoms with Crippen LogP contribution in [0.5, 0.6) is 0 Å². The Hall–Kier alpha value is -2.22. The topological polar surface area (TPSA) is 67.4 Å². The Morgan fingerprint density at radius 3 is 2.59 bits per heavy atom. The second-order valence-electron chi connectivity index (χ2n) is 4.09. The van der Waals surface area contributed by atoms with E-state index >= 15 is 0 Å². The maximum Gasteiger partial charge on any atom is 0.183 e. The van der Waals surface area contributed by atoms with Gasteiger partial charge in [-0.05, 0) is 21.9 Å². The quantitative estimate of drug-likeness (QED) is 0.804. The molecule has 0 aliphatic carbocycles. The molecule has 0 unspecified atom stereocenters. The molecule has 0 aliphatic rings. The predicted octanol–water partition coefficient (Wildman–Crippen LogP) is 1.99. The third kappa shape index (κ3) is 2.31. The molecule has 5 heteroatoms. The Morgan fingerprint density at radius 1 is 1.29 bits per heavy atom. The van der Waals surface area contributed by atoms with Crippen LogP contribution in [0.15, 0.2) is 24.3 Å². The van der Waals surface area contributed by atoms with Gasteiger partial charge in [-0.3, -0.25) is 0 Å². The highest BCUT2D eigenvalue weighted by Gasteiger charge is 2.08. The maximum atomic E-state index is 8.66. The van der Waals surface area contributed by atoms with E-state index in [1.54, 1.807) is 0 Å². The van der Waals surface area contributed by atoms with Crippen molar-refractivity contribution in [2.24, 2.45) is 0 Å². The molecule has 1 heterocycles. The number of rotatable bonds is 3. The lowest BCUT2D eigenvalue weighted by atomic mass is 10.0. The lowest BCUT2D eigenvalue weighted by Crippen LogP contribution is -2.01. The van der Waals surface area contributed by atoms with Gasteiger partial charge in [0.15, 0.2) is 5.82 Å². The first-order valence-corrected chi connectivity index (χ1v) is 5.46. The number of tetrazole rings is 1. The SMILES string of the molecule is CC(C)c1ccc(-c2nnnn2CC#N)cc1. The lowest BCUT2D eigenvalue weighted by Gasteiger charge is -2.06. The van der Waals surface area contributed by atoms with Crippen LogP contribution in [0.4, 0.5) is 0 Å². The van der Waals surface area contributed by atoms with E-state index in [9.17, 15) is 0 Å². The Labute approximate surface area is 99.7 Å². The minimum Gasteiger partial charge on any atom is -0.211 e. The van der Waals surface area contributed by atoms with Crippen LogP contribution in [-0.2, 0) is 6.54 Å². The van der Waals surface area contributed by atoms with Crippen molar-refractivity contribution >= 4 is 0 Å². The lowest BCUT2D eigenvalue weighted by molar-refractivity contribution is 0.671. The fourth-order valence-electron chi connectivity index (χ4n) is 1.60. The standard InChI is InChI=1S/C12H13N5/c1-9(2)10-3-5-11(6-4-10)12-14-15-16-17(12)8-7-13/h3-6,9H,8H2,1-2H3. The van der Waals surface area contributed by atoms with Crippen molar-refractivity contribution in [1.29, 1.82) is 5.26 Å². The average molecular weight is 227 g/mol. The molecule has 0 atom stereocenters. The normalized spacial score (nSPS) is 10.5. The van der Waals surface area contributed by atoms with E-state index in [2.05, 4.69) is 41.5 Å². The van der Waals surface area contributed by atoms with Crippen LogP contribution in [0.1, 0.15) is 25.3 Å². The molecule has 0 spiro atoms. The number of benzene rings is 1. The first-order valence-electron chi connectivity index (χ1n) is 5.46. The number of nitrogens with zero attached hydrogens (tertiary/aromatic N) is 5. The van der Waals surface area contributed by atoms with Crippen LogP contribution in [0.3, 0.4) is 0 Å². The summed E-state index contributed by atoms with van der Waals surface area (Å²) in [5.74, 6) is 1.13. The molecular weight excluding hydrogens is 214 g/mol. The van der Waals surface area contributed by atoms with Crippen LogP contribution >= 0.6 is 0 Å². The zero-order valence-electron chi connectivity index (χ0n) is 9.83. The van der Waals surface area contributed by atoms with Crippen LogP contribution in [0.2, 0.25) is 0 Å². The zero-order chi connectivity index (χ0) is 12.3. The van der Waals surface area contributed by atoms with Gasteiger partial charge in [-0.1, -0.05) is 38.1 Å². The Morgan fingerprint density at radius 2 is 2.00 bits per heavy atom. The van der Waals surface area contributed by atoms with Crippen molar-refractivity contribution in [3.63, 3.8) is 0 Å². The summed E-state index contributed by atoms with van der Waals surface area (Å²) >= 11 is 0. The van der Waals surface area contributed by atoms with E-state index in [-0.39, 0.29) is 6.54 Å². The third-order valence-corrected chi connectivity index (χ3v) is 2.59. The minimum atomic E-state index is 0.161. The second-order valence-corrected chi connectivity index (χ2v) is 4.09. The molecule has 0 radical (unpaired) electrons. The van der Waals surface area contributed by atoms with Gasteiger partial charge in [0, 0.05) is 5.56 Å². The smallest absolute Gasteiger partial charge is 0.183 e. The molecule has 0 aliphatic heterocycles. The van der Waals surface area contributed by atoms with Gasteiger partial charge in [-0.25, -0.2) is 4.68 Å². The van der Waals surface area contributed by atoms with Crippen molar-refractivity contribution in [2.45, 2.75) is 26.3 Å². The molecular formula is C12H13N5. The number of hydrogen-bond donors (Lipinski definition) is 0. The molecule has 5 nitrogen and oxygen atoms in total. The van der Waals surface area contributed by atoms with Crippen molar-refractivity contribution < 1.29 is 0 Å². The molecule has 0 N–H and O–H groups in total. The number of hydrogen-bond acceptors (Lipinski definition) is 4. The Kier molecular flexibility index (Phi) is 3.15. The molecule has 0 saturated carbocycles. The highest BCUT2D eigenvalue weighted by molar-refractivity contribution is 5.55. The largest absolute Gasteiger partial charge is 0.211 e. The Balaban J connectivity index is 2.34. The van der Waals surface area contributed by atoms with Gasteiger partial charge in [0.1, 0.15) is 6.54 Å². The van der Waals surface area contributed by atoms with Crippen molar-refractivity contribution in [2.75, 3.05) is 0 Å². The van der Waals surface area contributed by atoms with E-state index in [1.807, 2.05) is 18.2 Å². The van der Waals surface area contributed by atoms with Gasteiger partial charge in [0.25, 0.3) is 0 Å². The fourth-order valence-corrected chi connectivity index (χ4v) is 1.60. The maximum absolute atomic E-state index is 8.66. The van der Waals surface area contributed by atoms with Crippen molar-refractivity contribution in [3.8, 4) is 17.5 Å². The highest BCUT2D eigenvalue weighted by Crippen LogP contribution is 2.20. The average Bonchev–Trinajstić information content (AvgIpc) is 2.78. The third-order valence-electron chi connectivity index (χ3n) is 2.59. The van der Waals surface area contributed by atoms with Gasteiger partial charge in [-0.15, -0.1) is 5.10 Å². The van der Waals surface area contributed by atoms with Gasteiger partial charge < -0.3 is 0 Å². The summed E-state index contributed by atoms with van der Waals surface area (Å²) in [5.41, 5.74) is 2.20. The molecule has 0 amide bonds. The summed E-state index contributed by atoms with van der Waals surface area (Å²) in [6.07, 6.45) is 0. The summed E-state index contributed by atoms with van der Waals surface area (Å²) in [6.45, 7) is 4.46. The summed E-state index contributed by atoms with van der Waals surface area (Å²) in [6, 6.07) is 10.1. The van der Waals surface area contributed by atoms with Gasteiger partial charge in [-0.2, -0.15) is 5.26 Å². The van der Waals surface area contributed by atoms with Crippen LogP contribution in [0, 0.1) is 11.3 Å². The number of aromatic nitrogens is 4. The molecule has 17 heavy (non-hydrogen) atoms. The number of nitriles is 1. The molecule has 0 fully saturated rings. The molecule has 0 saturated heterocycles. The summed E-state index contributed by atoms with van der Waals surface area (Å²) in [7, 11) is 0. The summed E-state index contributed by atoms with van der Waals surface area (Å²) < 4.78 is 1.49. The van der Waals surface area contributed by atoms with Crippen LogP contribution in [0.25, 0.3) is 11.4 Å². The summed E-state index contributed by atoms with van der Waals surface area (Å²) in [4.78, 5) is 0. The first-order chi connectivity index (χ1) is 8.22. The molecule has 86 valence electrons. The minimum absolute atomic E-state index is 0.161. The van der Waals surface area contributed by atoms with Gasteiger partial charge in [0.2, 0.25) is 0 Å².